The molecule has 1 rings (SSSR count). The van der Waals surface area contributed by atoms with Gasteiger partial charge in [0.2, 0.25) is 0 Å². The quantitative estimate of drug-likeness (QED) is 0.697. The lowest BCUT2D eigenvalue weighted by Crippen LogP contribution is -2.48. The monoisotopic (exact) mass is 285 g/mol. The zero-order chi connectivity index (χ0) is 15.0. The van der Waals surface area contributed by atoms with E-state index in [1.807, 2.05) is 0 Å². The third-order valence-electron chi connectivity index (χ3n) is 3.67. The lowest BCUT2D eigenvalue weighted by molar-refractivity contribution is -0.0284. The van der Waals surface area contributed by atoms with Crippen LogP contribution >= 0.6 is 0 Å². The van der Waals surface area contributed by atoms with Crippen molar-refractivity contribution in [2.75, 3.05) is 52.9 Å². The number of nitrogens with one attached hydrogen (secondary N) is 1. The lowest BCUT2D eigenvalue weighted by atomic mass is 10.2. The summed E-state index contributed by atoms with van der Waals surface area (Å²) in [6.45, 7) is 16.6. The van der Waals surface area contributed by atoms with Crippen molar-refractivity contribution >= 4 is 0 Å². The highest BCUT2D eigenvalue weighted by atomic mass is 16.5. The van der Waals surface area contributed by atoms with E-state index in [1.54, 1.807) is 0 Å². The Labute approximate surface area is 125 Å². The van der Waals surface area contributed by atoms with Gasteiger partial charge in [-0.25, -0.2) is 0 Å². The maximum Gasteiger partial charge on any atom is 0.0826 e. The van der Waals surface area contributed by atoms with Crippen LogP contribution in [0.2, 0.25) is 0 Å². The summed E-state index contributed by atoms with van der Waals surface area (Å²) in [6.07, 6.45) is 1.62. The first kappa shape index (κ1) is 17.9. The van der Waals surface area contributed by atoms with E-state index >= 15 is 0 Å². The molecule has 0 bridgehead atoms. The Hall–Kier alpha value is -0.160. The fourth-order valence-electron chi connectivity index (χ4n) is 2.75. The molecule has 0 radical (unpaired) electrons. The van der Waals surface area contributed by atoms with Gasteiger partial charge in [-0.1, -0.05) is 27.7 Å². The fourth-order valence-corrected chi connectivity index (χ4v) is 2.75. The molecule has 0 aromatic heterocycles. The number of ether oxygens (including phenoxy) is 1. The summed E-state index contributed by atoms with van der Waals surface area (Å²) in [5, 5.41) is 3.47. The molecule has 1 heterocycles. The van der Waals surface area contributed by atoms with Gasteiger partial charge < -0.3 is 15.0 Å². The molecule has 0 amide bonds. The molecule has 20 heavy (non-hydrogen) atoms. The van der Waals surface area contributed by atoms with Gasteiger partial charge in [-0.15, -0.1) is 0 Å². The van der Waals surface area contributed by atoms with Crippen molar-refractivity contribution in [1.82, 2.24) is 15.1 Å². The third kappa shape index (κ3) is 8.20. The average Bonchev–Trinajstić information content (AvgIpc) is 2.36. The Bertz CT molecular complexity index is 246. The van der Waals surface area contributed by atoms with E-state index in [2.05, 4.69) is 49.9 Å². The van der Waals surface area contributed by atoms with Gasteiger partial charge >= 0.3 is 0 Å². The number of morpholine rings is 1. The minimum atomic E-state index is 0.361. The SMILES string of the molecule is CC(C)CN(C)CCCN1CCO[C@@H](CNC(C)C)C1. The van der Waals surface area contributed by atoms with Crippen molar-refractivity contribution in [3.63, 3.8) is 0 Å². The zero-order valence-electron chi connectivity index (χ0n) is 14.2. The molecule has 4 nitrogen and oxygen atoms in total. The first-order valence-electron chi connectivity index (χ1n) is 8.23. The predicted octanol–water partition coefficient (Wildman–Crippen LogP) is 1.66. The second-order valence-corrected chi connectivity index (χ2v) is 6.87. The Kier molecular flexibility index (Phi) is 8.69. The molecule has 1 atom stereocenters. The summed E-state index contributed by atoms with van der Waals surface area (Å²) in [5.74, 6) is 0.759. The Morgan fingerprint density at radius 2 is 2.05 bits per heavy atom. The number of nitrogens with zero attached hydrogens (tertiary/aromatic N) is 2. The van der Waals surface area contributed by atoms with Gasteiger partial charge in [0.1, 0.15) is 0 Å². The van der Waals surface area contributed by atoms with Crippen molar-refractivity contribution in [3.8, 4) is 0 Å². The molecule has 0 aromatic rings. The van der Waals surface area contributed by atoms with E-state index in [1.165, 1.54) is 26.1 Å². The maximum absolute atomic E-state index is 5.82. The van der Waals surface area contributed by atoms with Crippen LogP contribution in [0.15, 0.2) is 0 Å². The average molecular weight is 285 g/mol. The van der Waals surface area contributed by atoms with Gasteiger partial charge in [0.25, 0.3) is 0 Å². The topological polar surface area (TPSA) is 27.7 Å². The molecule has 1 saturated heterocycles. The van der Waals surface area contributed by atoms with Crippen LogP contribution in [-0.2, 0) is 4.74 Å². The van der Waals surface area contributed by atoms with Gasteiger partial charge in [0.15, 0.2) is 0 Å². The highest BCUT2D eigenvalue weighted by Crippen LogP contribution is 2.06. The molecule has 0 aromatic carbocycles. The zero-order valence-corrected chi connectivity index (χ0v) is 14.2. The molecule has 1 aliphatic rings. The fraction of sp³-hybridized carbons (Fsp3) is 1.00. The van der Waals surface area contributed by atoms with Crippen molar-refractivity contribution < 1.29 is 4.74 Å². The van der Waals surface area contributed by atoms with Crippen LogP contribution in [0.1, 0.15) is 34.1 Å². The van der Waals surface area contributed by atoms with Gasteiger partial charge in [0.05, 0.1) is 12.7 Å². The Balaban J connectivity index is 2.13. The molecule has 0 unspecified atom stereocenters. The second-order valence-electron chi connectivity index (χ2n) is 6.87. The molecule has 1 N–H and O–H groups in total. The number of hydrogen-bond donors (Lipinski definition) is 1. The Morgan fingerprint density at radius 1 is 1.30 bits per heavy atom. The van der Waals surface area contributed by atoms with Crippen LogP contribution in [0, 0.1) is 5.92 Å². The molecular formula is C16H35N3O. The van der Waals surface area contributed by atoms with Crippen molar-refractivity contribution in [3.05, 3.63) is 0 Å². The standard InChI is InChI=1S/C16H35N3O/c1-14(2)12-18(5)7-6-8-19-9-10-20-16(13-19)11-17-15(3)4/h14-17H,6-13H2,1-5H3/t16-/m0/s1. The molecule has 1 aliphatic heterocycles. The summed E-state index contributed by atoms with van der Waals surface area (Å²) in [4.78, 5) is 5.00. The van der Waals surface area contributed by atoms with Crippen LogP contribution < -0.4 is 5.32 Å². The van der Waals surface area contributed by atoms with Crippen LogP contribution in [0.25, 0.3) is 0 Å². The normalized spacial score (nSPS) is 21.3. The van der Waals surface area contributed by atoms with E-state index in [0.29, 0.717) is 12.1 Å². The first-order chi connectivity index (χ1) is 9.47. The van der Waals surface area contributed by atoms with E-state index in [4.69, 9.17) is 4.74 Å². The van der Waals surface area contributed by atoms with E-state index < -0.39 is 0 Å². The highest BCUT2D eigenvalue weighted by Gasteiger charge is 2.20. The predicted molar refractivity (Wildman–Crippen MR) is 86.3 cm³/mol. The van der Waals surface area contributed by atoms with E-state index in [0.717, 1.165) is 32.2 Å². The summed E-state index contributed by atoms with van der Waals surface area (Å²) in [5.41, 5.74) is 0. The van der Waals surface area contributed by atoms with Gasteiger partial charge in [-0.05, 0) is 32.5 Å². The Morgan fingerprint density at radius 3 is 2.70 bits per heavy atom. The minimum absolute atomic E-state index is 0.361. The van der Waals surface area contributed by atoms with E-state index in [-0.39, 0.29) is 0 Å². The molecular weight excluding hydrogens is 250 g/mol. The number of rotatable bonds is 9. The van der Waals surface area contributed by atoms with Gasteiger partial charge in [-0.3, -0.25) is 4.90 Å². The van der Waals surface area contributed by atoms with Crippen LogP contribution in [0.5, 0.6) is 0 Å². The van der Waals surface area contributed by atoms with Crippen molar-refractivity contribution in [2.45, 2.75) is 46.3 Å². The van der Waals surface area contributed by atoms with Gasteiger partial charge in [-0.2, -0.15) is 0 Å². The molecule has 0 saturated carbocycles. The summed E-state index contributed by atoms with van der Waals surface area (Å²) < 4.78 is 5.82. The minimum Gasteiger partial charge on any atom is -0.374 e. The van der Waals surface area contributed by atoms with Crippen LogP contribution in [0.3, 0.4) is 0 Å². The highest BCUT2D eigenvalue weighted by molar-refractivity contribution is 4.74. The molecule has 120 valence electrons. The lowest BCUT2D eigenvalue weighted by Gasteiger charge is -2.33. The molecule has 0 spiro atoms. The molecule has 1 fully saturated rings. The first-order valence-corrected chi connectivity index (χ1v) is 8.23. The maximum atomic E-state index is 5.82. The third-order valence-corrected chi connectivity index (χ3v) is 3.67. The van der Waals surface area contributed by atoms with Crippen LogP contribution in [0.4, 0.5) is 0 Å². The smallest absolute Gasteiger partial charge is 0.0826 e. The van der Waals surface area contributed by atoms with Gasteiger partial charge in [0, 0.05) is 32.2 Å². The molecule has 0 aliphatic carbocycles. The number of hydrogen-bond acceptors (Lipinski definition) is 4. The molecule has 4 heteroatoms. The summed E-state index contributed by atoms with van der Waals surface area (Å²) in [7, 11) is 2.23. The van der Waals surface area contributed by atoms with Crippen molar-refractivity contribution in [1.29, 1.82) is 0 Å². The second kappa shape index (κ2) is 9.72. The van der Waals surface area contributed by atoms with Crippen LogP contribution in [-0.4, -0.2) is 74.9 Å². The summed E-state index contributed by atoms with van der Waals surface area (Å²) in [6, 6.07) is 0.540. The van der Waals surface area contributed by atoms with Crippen molar-refractivity contribution in [2.24, 2.45) is 5.92 Å². The summed E-state index contributed by atoms with van der Waals surface area (Å²) >= 11 is 0. The largest absolute Gasteiger partial charge is 0.374 e. The van der Waals surface area contributed by atoms with E-state index in [9.17, 15) is 0 Å².